The highest BCUT2D eigenvalue weighted by molar-refractivity contribution is 5.91. The van der Waals surface area contributed by atoms with Gasteiger partial charge in [-0.3, -0.25) is 4.79 Å². The summed E-state index contributed by atoms with van der Waals surface area (Å²) in [6, 6.07) is -0.959. The first-order chi connectivity index (χ1) is 17.6. The molecule has 2 aromatic heterocycles. The molecule has 1 unspecified atom stereocenters. The molecule has 2 saturated carbocycles. The number of carbonyl (C=O) groups is 1. The molecule has 200 valence electrons. The minimum atomic E-state index is -2.81. The number of nitrogens with two attached hydrogens (primary N) is 1. The molecule has 1 saturated heterocycles. The number of carbonyl (C=O) groups excluding carboxylic acids is 1. The second-order valence-corrected chi connectivity index (χ2v) is 9.66. The molecular weight excluding hydrogens is 500 g/mol. The lowest BCUT2D eigenvalue weighted by Crippen LogP contribution is -2.50. The average Bonchev–Trinajstić information content (AvgIpc) is 3.47. The summed E-state index contributed by atoms with van der Waals surface area (Å²) < 4.78 is 64.0. The van der Waals surface area contributed by atoms with Crippen molar-refractivity contribution in [2.45, 2.75) is 50.0 Å². The SMILES string of the molecule is Nc1ncncc1OCC1CCN(c2nc(OCC3CC3(F)F)nc(C(=O)NC3CC(F)(F)C3)n2)CC1. The van der Waals surface area contributed by atoms with E-state index < -0.39 is 42.6 Å². The number of hydrogen-bond acceptors (Lipinski definition) is 10. The van der Waals surface area contributed by atoms with Gasteiger partial charge in [-0.2, -0.15) is 15.0 Å². The van der Waals surface area contributed by atoms with E-state index in [2.05, 4.69) is 30.2 Å². The van der Waals surface area contributed by atoms with Crippen molar-refractivity contribution in [3.63, 3.8) is 0 Å². The van der Waals surface area contributed by atoms with Crippen molar-refractivity contribution in [3.05, 3.63) is 18.3 Å². The number of hydrogen-bond donors (Lipinski definition) is 2. The minimum Gasteiger partial charge on any atom is -0.488 e. The molecule has 1 aliphatic heterocycles. The van der Waals surface area contributed by atoms with Gasteiger partial charge in [0.25, 0.3) is 17.8 Å². The molecule has 2 aliphatic carbocycles. The smallest absolute Gasteiger partial charge is 0.321 e. The Hall–Kier alpha value is -3.52. The normalized spacial score (nSPS) is 22.7. The second-order valence-electron chi connectivity index (χ2n) is 9.66. The predicted octanol–water partition coefficient (Wildman–Crippen LogP) is 2.10. The maximum absolute atomic E-state index is 13.3. The van der Waals surface area contributed by atoms with E-state index in [4.69, 9.17) is 15.2 Å². The minimum absolute atomic E-state index is 0.150. The lowest BCUT2D eigenvalue weighted by Gasteiger charge is -2.35. The van der Waals surface area contributed by atoms with Crippen molar-refractivity contribution < 1.29 is 31.8 Å². The standard InChI is InChI=1S/C22H26F4N8O3/c23-21(24)6-14(7-21)30-18(35)17-31-19(33-20(32-17)37-10-13-5-22(13,25)26)34-3-1-12(2-4-34)9-36-15-8-28-11-29-16(15)27/h8,11-14H,1-7,9-10H2,(H,30,35)(H2,27,28,29). The summed E-state index contributed by atoms with van der Waals surface area (Å²) in [6.45, 7) is 1.15. The van der Waals surface area contributed by atoms with Crippen LogP contribution in [0.25, 0.3) is 0 Å². The highest BCUT2D eigenvalue weighted by Crippen LogP contribution is 2.48. The van der Waals surface area contributed by atoms with Crippen LogP contribution in [0.2, 0.25) is 0 Å². The number of piperidine rings is 1. The first kappa shape index (κ1) is 25.1. The third-order valence-corrected chi connectivity index (χ3v) is 6.68. The van der Waals surface area contributed by atoms with Gasteiger partial charge in [-0.15, -0.1) is 0 Å². The molecule has 0 radical (unpaired) electrons. The summed E-state index contributed by atoms with van der Waals surface area (Å²) in [7, 11) is 0. The molecule has 2 aromatic rings. The number of nitrogen functional groups attached to an aromatic ring is 1. The van der Waals surface area contributed by atoms with Gasteiger partial charge in [0.05, 0.1) is 18.7 Å². The van der Waals surface area contributed by atoms with E-state index >= 15 is 0 Å². The van der Waals surface area contributed by atoms with E-state index in [1.165, 1.54) is 12.5 Å². The molecule has 5 rings (SSSR count). The quantitative estimate of drug-likeness (QED) is 0.467. The van der Waals surface area contributed by atoms with Crippen molar-refractivity contribution in [3.8, 4) is 11.8 Å². The van der Waals surface area contributed by atoms with Crippen LogP contribution in [0.15, 0.2) is 12.5 Å². The van der Waals surface area contributed by atoms with Gasteiger partial charge in [-0.05, 0) is 18.8 Å². The van der Waals surface area contributed by atoms with Crippen LogP contribution >= 0.6 is 0 Å². The molecule has 1 atom stereocenters. The summed E-state index contributed by atoms with van der Waals surface area (Å²) in [5.74, 6) is -6.59. The Kier molecular flexibility index (Phi) is 6.62. The molecule has 0 aromatic carbocycles. The van der Waals surface area contributed by atoms with Crippen LogP contribution in [-0.2, 0) is 0 Å². The Morgan fingerprint density at radius 2 is 1.81 bits per heavy atom. The third-order valence-electron chi connectivity index (χ3n) is 6.68. The molecule has 11 nitrogen and oxygen atoms in total. The summed E-state index contributed by atoms with van der Waals surface area (Å²) in [4.78, 5) is 34.7. The average molecular weight is 526 g/mol. The van der Waals surface area contributed by atoms with E-state index in [9.17, 15) is 22.4 Å². The lowest BCUT2D eigenvalue weighted by atomic mass is 9.88. The Bertz CT molecular complexity index is 1140. The van der Waals surface area contributed by atoms with Gasteiger partial charge >= 0.3 is 6.01 Å². The summed E-state index contributed by atoms with van der Waals surface area (Å²) in [5, 5.41) is 2.48. The lowest BCUT2D eigenvalue weighted by molar-refractivity contribution is -0.0902. The fourth-order valence-electron chi connectivity index (χ4n) is 4.24. The van der Waals surface area contributed by atoms with Gasteiger partial charge in [0, 0.05) is 38.4 Å². The van der Waals surface area contributed by atoms with Gasteiger partial charge in [0.2, 0.25) is 11.8 Å². The van der Waals surface area contributed by atoms with Crippen LogP contribution in [-0.4, -0.2) is 75.0 Å². The fourth-order valence-corrected chi connectivity index (χ4v) is 4.24. The van der Waals surface area contributed by atoms with E-state index in [0.717, 1.165) is 0 Å². The van der Waals surface area contributed by atoms with Crippen molar-refractivity contribution in [1.82, 2.24) is 30.2 Å². The molecule has 0 bridgehead atoms. The maximum atomic E-state index is 13.3. The van der Waals surface area contributed by atoms with Crippen LogP contribution in [0.4, 0.5) is 29.3 Å². The van der Waals surface area contributed by atoms with Crippen LogP contribution in [0.3, 0.4) is 0 Å². The van der Waals surface area contributed by atoms with E-state index in [-0.39, 0.29) is 42.5 Å². The van der Waals surface area contributed by atoms with Crippen molar-refractivity contribution in [2.24, 2.45) is 11.8 Å². The molecule has 0 spiro atoms. The van der Waals surface area contributed by atoms with Gasteiger partial charge < -0.3 is 25.4 Å². The number of halogens is 4. The van der Waals surface area contributed by atoms with Crippen LogP contribution in [0, 0.1) is 11.8 Å². The zero-order valence-electron chi connectivity index (χ0n) is 19.7. The van der Waals surface area contributed by atoms with Gasteiger partial charge in [0.15, 0.2) is 11.6 Å². The number of ether oxygens (including phenoxy) is 2. The molecule has 3 fully saturated rings. The Balaban J connectivity index is 1.22. The summed E-state index contributed by atoms with van der Waals surface area (Å²) in [6.07, 6.45) is 3.04. The molecule has 3 heterocycles. The molecule has 3 aliphatic rings. The number of aromatic nitrogens is 5. The second kappa shape index (κ2) is 9.74. The Labute approximate surface area is 209 Å². The summed E-state index contributed by atoms with van der Waals surface area (Å²) in [5.41, 5.74) is 5.77. The number of alkyl halides is 4. The predicted molar refractivity (Wildman–Crippen MR) is 121 cm³/mol. The van der Waals surface area contributed by atoms with Gasteiger partial charge in [-0.1, -0.05) is 0 Å². The largest absolute Gasteiger partial charge is 0.488 e. The molecule has 37 heavy (non-hydrogen) atoms. The van der Waals surface area contributed by atoms with Crippen molar-refractivity contribution >= 4 is 17.7 Å². The van der Waals surface area contributed by atoms with Crippen molar-refractivity contribution in [2.75, 3.05) is 36.9 Å². The molecule has 15 heteroatoms. The number of rotatable bonds is 9. The molecule has 3 N–H and O–H groups in total. The highest BCUT2D eigenvalue weighted by atomic mass is 19.3. The van der Waals surface area contributed by atoms with Gasteiger partial charge in [-0.25, -0.2) is 27.5 Å². The number of nitrogens with zero attached hydrogens (tertiary/aromatic N) is 6. The molecular formula is C22H26F4N8O3. The number of anilines is 2. The maximum Gasteiger partial charge on any atom is 0.321 e. The zero-order valence-corrected chi connectivity index (χ0v) is 19.7. The monoisotopic (exact) mass is 526 g/mol. The highest BCUT2D eigenvalue weighted by Gasteiger charge is 2.57. The first-order valence-corrected chi connectivity index (χ1v) is 12.0. The first-order valence-electron chi connectivity index (χ1n) is 12.0. The number of amides is 1. The van der Waals surface area contributed by atoms with Crippen LogP contribution < -0.4 is 25.4 Å². The van der Waals surface area contributed by atoms with Gasteiger partial charge in [0.1, 0.15) is 12.9 Å². The Morgan fingerprint density at radius 1 is 1.08 bits per heavy atom. The van der Waals surface area contributed by atoms with E-state index in [1.807, 2.05) is 4.90 Å². The topological polar surface area (TPSA) is 141 Å². The molecule has 1 amide bonds. The fraction of sp³-hybridized carbons (Fsp3) is 0.636. The van der Waals surface area contributed by atoms with E-state index in [1.54, 1.807) is 0 Å². The van der Waals surface area contributed by atoms with Crippen LogP contribution in [0.1, 0.15) is 42.7 Å². The zero-order chi connectivity index (χ0) is 26.2. The van der Waals surface area contributed by atoms with Crippen LogP contribution in [0.5, 0.6) is 11.8 Å². The third kappa shape index (κ3) is 6.07. The summed E-state index contributed by atoms with van der Waals surface area (Å²) >= 11 is 0. The van der Waals surface area contributed by atoms with Crippen molar-refractivity contribution in [1.29, 1.82) is 0 Å². The number of nitrogens with one attached hydrogen (secondary N) is 1. The van der Waals surface area contributed by atoms with E-state index in [0.29, 0.717) is 38.3 Å². The Morgan fingerprint density at radius 3 is 2.46 bits per heavy atom.